The number of aromatic nitrogens is 1. The van der Waals surface area contributed by atoms with E-state index in [-0.39, 0.29) is 12.5 Å². The Labute approximate surface area is 135 Å². The maximum absolute atomic E-state index is 12.4. The van der Waals surface area contributed by atoms with Crippen molar-refractivity contribution in [2.24, 2.45) is 0 Å². The summed E-state index contributed by atoms with van der Waals surface area (Å²) >= 11 is 4.62. The molecule has 1 aromatic heterocycles. The average Bonchev–Trinajstić information content (AvgIpc) is 2.83. The zero-order chi connectivity index (χ0) is 15.5. The number of nitrogens with zero attached hydrogens (tertiary/aromatic N) is 2. The number of urea groups is 1. The maximum Gasteiger partial charge on any atom is 0.323 e. The molecule has 0 aliphatic heterocycles. The number of amides is 2. The van der Waals surface area contributed by atoms with E-state index in [1.54, 1.807) is 18.1 Å². The van der Waals surface area contributed by atoms with Crippen LogP contribution in [0.4, 0.5) is 9.93 Å². The number of carboxylic acid groups (broad SMARTS) is 1. The molecule has 1 saturated carbocycles. The van der Waals surface area contributed by atoms with Crippen molar-refractivity contribution in [3.05, 3.63) is 9.98 Å². The minimum Gasteiger partial charge on any atom is -0.481 e. The fourth-order valence-corrected chi connectivity index (χ4v) is 3.92. The molecule has 0 atom stereocenters. The molecular formula is C13H18BrN3O3S. The smallest absolute Gasteiger partial charge is 0.323 e. The van der Waals surface area contributed by atoms with Crippen LogP contribution < -0.4 is 5.32 Å². The molecule has 0 saturated heterocycles. The molecule has 116 valence electrons. The van der Waals surface area contributed by atoms with Gasteiger partial charge in [-0.3, -0.25) is 10.1 Å². The van der Waals surface area contributed by atoms with Crippen LogP contribution >= 0.6 is 27.3 Å². The van der Waals surface area contributed by atoms with Gasteiger partial charge < -0.3 is 10.0 Å². The van der Waals surface area contributed by atoms with Crippen molar-refractivity contribution in [3.8, 4) is 0 Å². The zero-order valence-corrected chi connectivity index (χ0v) is 14.2. The molecule has 2 rings (SSSR count). The van der Waals surface area contributed by atoms with Crippen LogP contribution in [0, 0.1) is 0 Å². The summed E-state index contributed by atoms with van der Waals surface area (Å²) in [5, 5.41) is 12.4. The second kappa shape index (κ2) is 6.74. The first-order chi connectivity index (χ1) is 9.93. The molecule has 0 spiro atoms. The number of carboxylic acids is 1. The summed E-state index contributed by atoms with van der Waals surface area (Å²) in [7, 11) is 1.67. The second-order valence-corrected chi connectivity index (χ2v) is 7.72. The Bertz CT molecular complexity index is 528. The Hall–Kier alpha value is -1.15. The second-order valence-electron chi connectivity index (χ2n) is 5.31. The van der Waals surface area contributed by atoms with Crippen molar-refractivity contribution in [2.75, 3.05) is 12.4 Å². The van der Waals surface area contributed by atoms with Gasteiger partial charge in [-0.15, -0.1) is 0 Å². The Kier molecular flexibility index (Phi) is 5.21. The third kappa shape index (κ3) is 3.94. The molecule has 21 heavy (non-hydrogen) atoms. The van der Waals surface area contributed by atoms with Gasteiger partial charge in [-0.2, -0.15) is 0 Å². The maximum atomic E-state index is 12.4. The third-order valence-corrected chi connectivity index (χ3v) is 5.36. The molecule has 2 amide bonds. The van der Waals surface area contributed by atoms with E-state index in [1.807, 2.05) is 0 Å². The van der Waals surface area contributed by atoms with E-state index < -0.39 is 11.5 Å². The van der Waals surface area contributed by atoms with Crippen LogP contribution in [0.15, 0.2) is 9.98 Å². The summed E-state index contributed by atoms with van der Waals surface area (Å²) in [6, 6.07) is -0.306. The zero-order valence-electron chi connectivity index (χ0n) is 11.8. The number of nitrogens with one attached hydrogen (secondary N) is 1. The molecule has 6 nitrogen and oxygen atoms in total. The van der Waals surface area contributed by atoms with Gasteiger partial charge >= 0.3 is 12.0 Å². The molecule has 0 bridgehead atoms. The molecule has 1 aliphatic rings. The Balaban J connectivity index is 2.11. The summed E-state index contributed by atoms with van der Waals surface area (Å²) < 4.78 is 0.832. The van der Waals surface area contributed by atoms with Crippen LogP contribution in [0.2, 0.25) is 0 Å². The molecule has 2 N–H and O–H groups in total. The molecule has 0 unspecified atom stereocenters. The van der Waals surface area contributed by atoms with Crippen LogP contribution in [0.1, 0.15) is 38.5 Å². The van der Waals surface area contributed by atoms with Crippen LogP contribution in [0.3, 0.4) is 0 Å². The van der Waals surface area contributed by atoms with Crippen molar-refractivity contribution in [2.45, 2.75) is 44.1 Å². The summed E-state index contributed by atoms with van der Waals surface area (Å²) in [4.78, 5) is 29.2. The highest BCUT2D eigenvalue weighted by Gasteiger charge is 2.40. The fourth-order valence-electron chi connectivity index (χ4n) is 2.83. The molecule has 0 aromatic carbocycles. The van der Waals surface area contributed by atoms with E-state index in [9.17, 15) is 14.7 Å². The predicted octanol–water partition coefficient (Wildman–Crippen LogP) is 3.55. The lowest BCUT2D eigenvalue weighted by Crippen LogP contribution is -2.53. The third-order valence-electron chi connectivity index (χ3n) is 3.97. The van der Waals surface area contributed by atoms with Crippen LogP contribution in [0.5, 0.6) is 0 Å². The van der Waals surface area contributed by atoms with Gasteiger partial charge in [0.1, 0.15) is 0 Å². The van der Waals surface area contributed by atoms with Crippen molar-refractivity contribution in [1.29, 1.82) is 0 Å². The summed E-state index contributed by atoms with van der Waals surface area (Å²) in [5.41, 5.74) is -0.595. The normalized spacial score (nSPS) is 17.2. The highest BCUT2D eigenvalue weighted by atomic mass is 79.9. The molecule has 1 aromatic rings. The minimum absolute atomic E-state index is 0.0154. The van der Waals surface area contributed by atoms with Gasteiger partial charge in [0.2, 0.25) is 0 Å². The van der Waals surface area contributed by atoms with Crippen LogP contribution in [-0.2, 0) is 4.79 Å². The topological polar surface area (TPSA) is 82.5 Å². The number of anilines is 1. The monoisotopic (exact) mass is 375 g/mol. The highest BCUT2D eigenvalue weighted by molar-refractivity contribution is 9.11. The lowest BCUT2D eigenvalue weighted by atomic mass is 9.78. The number of halogens is 1. The van der Waals surface area contributed by atoms with Gasteiger partial charge in [-0.25, -0.2) is 9.78 Å². The molecular weight excluding hydrogens is 358 g/mol. The van der Waals surface area contributed by atoms with Gasteiger partial charge in [0.15, 0.2) is 5.13 Å². The van der Waals surface area contributed by atoms with Crippen LogP contribution in [0.25, 0.3) is 0 Å². The highest BCUT2D eigenvalue weighted by Crippen LogP contribution is 2.36. The van der Waals surface area contributed by atoms with Gasteiger partial charge in [0.05, 0.1) is 21.9 Å². The van der Waals surface area contributed by atoms with E-state index in [2.05, 4.69) is 26.2 Å². The molecule has 1 aliphatic carbocycles. The van der Waals surface area contributed by atoms with Crippen molar-refractivity contribution in [3.63, 3.8) is 0 Å². The van der Waals surface area contributed by atoms with E-state index >= 15 is 0 Å². The van der Waals surface area contributed by atoms with E-state index in [1.165, 1.54) is 11.3 Å². The Morgan fingerprint density at radius 2 is 2.14 bits per heavy atom. The lowest BCUT2D eigenvalue weighted by molar-refractivity contribution is -0.140. The number of thiazole rings is 1. The number of hydrogen-bond donors (Lipinski definition) is 2. The molecule has 0 radical (unpaired) electrons. The quantitative estimate of drug-likeness (QED) is 0.842. The SMILES string of the molecule is CN(C(=O)Nc1ncc(Br)s1)C1(CC(=O)O)CCCCC1. The minimum atomic E-state index is -0.867. The Morgan fingerprint density at radius 1 is 1.48 bits per heavy atom. The predicted molar refractivity (Wildman–Crippen MR) is 84.7 cm³/mol. The Morgan fingerprint density at radius 3 is 2.67 bits per heavy atom. The standard InChI is InChI=1S/C13H18BrN3O3S/c1-17(12(20)16-11-15-8-9(14)21-11)13(7-10(18)19)5-3-2-4-6-13/h8H,2-7H2,1H3,(H,18,19)(H,15,16,20). The van der Waals surface area contributed by atoms with E-state index in [0.29, 0.717) is 5.13 Å². The fraction of sp³-hybridized carbons (Fsp3) is 0.615. The van der Waals surface area contributed by atoms with Crippen molar-refractivity contribution in [1.82, 2.24) is 9.88 Å². The first-order valence-corrected chi connectivity index (χ1v) is 8.42. The molecule has 1 heterocycles. The summed E-state index contributed by atoms with van der Waals surface area (Å²) in [6.45, 7) is 0. The van der Waals surface area contributed by atoms with E-state index in [4.69, 9.17) is 0 Å². The van der Waals surface area contributed by atoms with Crippen molar-refractivity contribution >= 4 is 44.4 Å². The number of rotatable bonds is 4. The number of carbonyl (C=O) groups is 2. The summed E-state index contributed by atoms with van der Waals surface area (Å²) in [6.07, 6.45) is 6.06. The first-order valence-electron chi connectivity index (χ1n) is 6.81. The largest absolute Gasteiger partial charge is 0.481 e. The first kappa shape index (κ1) is 16.2. The van der Waals surface area contributed by atoms with Crippen molar-refractivity contribution < 1.29 is 14.7 Å². The number of hydrogen-bond acceptors (Lipinski definition) is 4. The summed E-state index contributed by atoms with van der Waals surface area (Å²) in [5.74, 6) is -0.867. The van der Waals surface area contributed by atoms with Gasteiger partial charge in [-0.1, -0.05) is 30.6 Å². The lowest BCUT2D eigenvalue weighted by Gasteiger charge is -2.43. The number of carbonyl (C=O) groups excluding carboxylic acids is 1. The van der Waals surface area contributed by atoms with Gasteiger partial charge in [0.25, 0.3) is 0 Å². The van der Waals surface area contributed by atoms with Gasteiger partial charge in [-0.05, 0) is 28.8 Å². The average molecular weight is 376 g/mol. The van der Waals surface area contributed by atoms with Crippen LogP contribution in [-0.4, -0.2) is 39.6 Å². The number of aliphatic carboxylic acids is 1. The molecule has 8 heteroatoms. The van der Waals surface area contributed by atoms with Gasteiger partial charge in [0, 0.05) is 7.05 Å². The van der Waals surface area contributed by atoms with E-state index in [0.717, 1.165) is 35.9 Å². The molecule has 1 fully saturated rings.